The maximum absolute atomic E-state index is 12.3. The first-order chi connectivity index (χ1) is 10.8. The molecule has 3 rings (SSSR count). The lowest BCUT2D eigenvalue weighted by Crippen LogP contribution is -2.12. The number of para-hydroxylation sites is 1. The number of aromatic nitrogens is 2. The van der Waals surface area contributed by atoms with E-state index in [2.05, 4.69) is 15.3 Å². The molecule has 1 aromatic carbocycles. The maximum Gasteiger partial charge on any atom is 0.261 e. The van der Waals surface area contributed by atoms with Gasteiger partial charge < -0.3 is 4.74 Å². The molecule has 22 heavy (non-hydrogen) atoms. The predicted molar refractivity (Wildman–Crippen MR) is 86.3 cm³/mol. The van der Waals surface area contributed by atoms with Crippen molar-refractivity contribution in [1.82, 2.24) is 9.97 Å². The Morgan fingerprint density at radius 2 is 2.09 bits per heavy atom. The summed E-state index contributed by atoms with van der Waals surface area (Å²) < 4.78 is 5.19. The van der Waals surface area contributed by atoms with Crippen molar-refractivity contribution in [3.8, 4) is 17.0 Å². The van der Waals surface area contributed by atoms with Gasteiger partial charge in [0.1, 0.15) is 5.75 Å². The summed E-state index contributed by atoms with van der Waals surface area (Å²) >= 11 is 1.37. The Balaban J connectivity index is 1.79. The molecule has 5 nitrogen and oxygen atoms in total. The summed E-state index contributed by atoms with van der Waals surface area (Å²) in [5.74, 6) is 0.286. The van der Waals surface area contributed by atoms with E-state index < -0.39 is 0 Å². The fraction of sp³-hybridized carbons (Fsp3) is 0.0625. The van der Waals surface area contributed by atoms with Crippen LogP contribution in [0.2, 0.25) is 0 Å². The summed E-state index contributed by atoms with van der Waals surface area (Å²) in [7, 11) is 1.54. The first-order valence-corrected chi connectivity index (χ1v) is 7.46. The largest absolute Gasteiger partial charge is 0.496 e. The number of hydrogen-bond donors (Lipinski definition) is 1. The number of benzene rings is 1. The van der Waals surface area contributed by atoms with Crippen molar-refractivity contribution in [3.05, 3.63) is 59.7 Å². The molecule has 0 aliphatic rings. The van der Waals surface area contributed by atoms with Gasteiger partial charge in [-0.1, -0.05) is 12.1 Å². The molecule has 3 aromatic rings. The number of rotatable bonds is 4. The topological polar surface area (TPSA) is 64.1 Å². The van der Waals surface area contributed by atoms with Crippen LogP contribution in [0.3, 0.4) is 0 Å². The molecule has 0 atom stereocenters. The number of nitrogens with zero attached hydrogens (tertiary/aromatic N) is 2. The fourth-order valence-corrected chi connectivity index (χ4v) is 2.69. The minimum absolute atomic E-state index is 0.246. The molecule has 0 saturated carbocycles. The smallest absolute Gasteiger partial charge is 0.261 e. The summed E-state index contributed by atoms with van der Waals surface area (Å²) in [4.78, 5) is 20.8. The number of carbonyl (C=O) groups excluding carboxylic acids is 1. The standard InChI is InChI=1S/C16H13N3O2S/c1-21-14-7-3-2-6-12(14)15(20)19-16-18-13(10-22-16)11-5-4-8-17-9-11/h2-10H,1H3,(H,18,19,20). The SMILES string of the molecule is COc1ccccc1C(=O)Nc1nc(-c2cccnc2)cs1. The zero-order valence-electron chi connectivity index (χ0n) is 11.8. The van der Waals surface area contributed by atoms with Crippen LogP contribution in [-0.4, -0.2) is 23.0 Å². The van der Waals surface area contributed by atoms with Gasteiger partial charge in [0.05, 0.1) is 18.4 Å². The summed E-state index contributed by atoms with van der Waals surface area (Å²) in [6.07, 6.45) is 3.45. The Morgan fingerprint density at radius 1 is 1.23 bits per heavy atom. The van der Waals surface area contributed by atoms with Gasteiger partial charge in [0, 0.05) is 23.3 Å². The molecule has 1 amide bonds. The molecule has 0 aliphatic heterocycles. The summed E-state index contributed by atoms with van der Waals surface area (Å²) in [5, 5.41) is 5.21. The van der Waals surface area contributed by atoms with Crippen LogP contribution < -0.4 is 10.1 Å². The van der Waals surface area contributed by atoms with Crippen molar-refractivity contribution in [2.45, 2.75) is 0 Å². The Bertz CT molecular complexity index is 787. The van der Waals surface area contributed by atoms with E-state index in [9.17, 15) is 4.79 Å². The third-order valence-corrected chi connectivity index (χ3v) is 3.79. The van der Waals surface area contributed by atoms with Gasteiger partial charge in [-0.3, -0.25) is 15.1 Å². The van der Waals surface area contributed by atoms with Crippen LogP contribution in [0.5, 0.6) is 5.75 Å². The monoisotopic (exact) mass is 311 g/mol. The van der Waals surface area contributed by atoms with Crippen LogP contribution in [0.4, 0.5) is 5.13 Å². The molecule has 0 bridgehead atoms. The van der Waals surface area contributed by atoms with Gasteiger partial charge in [0.25, 0.3) is 5.91 Å². The Hall–Kier alpha value is -2.73. The number of thiazole rings is 1. The molecule has 110 valence electrons. The predicted octanol–water partition coefficient (Wildman–Crippen LogP) is 3.47. The van der Waals surface area contributed by atoms with Gasteiger partial charge in [-0.15, -0.1) is 11.3 Å². The van der Waals surface area contributed by atoms with Crippen LogP contribution in [0.1, 0.15) is 10.4 Å². The van der Waals surface area contributed by atoms with Crippen LogP contribution in [0.15, 0.2) is 54.2 Å². The van der Waals surface area contributed by atoms with E-state index in [1.165, 1.54) is 18.4 Å². The van der Waals surface area contributed by atoms with E-state index in [1.807, 2.05) is 23.6 Å². The molecule has 0 spiro atoms. The number of ether oxygens (including phenoxy) is 1. The van der Waals surface area contributed by atoms with Crippen molar-refractivity contribution < 1.29 is 9.53 Å². The molecule has 0 unspecified atom stereocenters. The Labute approximate surface area is 131 Å². The second kappa shape index (κ2) is 6.36. The van der Waals surface area contributed by atoms with Crippen molar-refractivity contribution in [2.75, 3.05) is 12.4 Å². The van der Waals surface area contributed by atoms with Gasteiger partial charge in [0.15, 0.2) is 5.13 Å². The third-order valence-electron chi connectivity index (χ3n) is 3.03. The third kappa shape index (κ3) is 2.96. The first-order valence-electron chi connectivity index (χ1n) is 6.58. The van der Waals surface area contributed by atoms with E-state index >= 15 is 0 Å². The molecule has 0 fully saturated rings. The number of carbonyl (C=O) groups is 1. The van der Waals surface area contributed by atoms with E-state index in [0.29, 0.717) is 16.4 Å². The normalized spacial score (nSPS) is 10.2. The van der Waals surface area contributed by atoms with E-state index in [0.717, 1.165) is 11.3 Å². The number of methoxy groups -OCH3 is 1. The molecule has 2 aromatic heterocycles. The summed E-state index contributed by atoms with van der Waals surface area (Å²) in [6.45, 7) is 0. The van der Waals surface area contributed by atoms with E-state index in [4.69, 9.17) is 4.74 Å². The molecule has 0 saturated heterocycles. The Morgan fingerprint density at radius 3 is 2.86 bits per heavy atom. The lowest BCUT2D eigenvalue weighted by Gasteiger charge is -2.07. The number of anilines is 1. The molecule has 1 N–H and O–H groups in total. The Kier molecular flexibility index (Phi) is 4.11. The zero-order chi connectivity index (χ0) is 15.4. The molecule has 0 aliphatic carbocycles. The highest BCUT2D eigenvalue weighted by molar-refractivity contribution is 7.14. The van der Waals surface area contributed by atoms with E-state index in [1.54, 1.807) is 30.6 Å². The fourth-order valence-electron chi connectivity index (χ4n) is 1.97. The molecule has 2 heterocycles. The number of pyridine rings is 1. The minimum atomic E-state index is -0.246. The van der Waals surface area contributed by atoms with Crippen molar-refractivity contribution in [1.29, 1.82) is 0 Å². The number of nitrogens with one attached hydrogen (secondary N) is 1. The van der Waals surface area contributed by atoms with Crippen molar-refractivity contribution in [2.24, 2.45) is 0 Å². The molecule has 6 heteroatoms. The van der Waals surface area contributed by atoms with Crippen molar-refractivity contribution in [3.63, 3.8) is 0 Å². The highest BCUT2D eigenvalue weighted by atomic mass is 32.1. The van der Waals surface area contributed by atoms with Crippen LogP contribution in [0.25, 0.3) is 11.3 Å². The van der Waals surface area contributed by atoms with Crippen LogP contribution >= 0.6 is 11.3 Å². The van der Waals surface area contributed by atoms with Gasteiger partial charge in [0.2, 0.25) is 0 Å². The van der Waals surface area contributed by atoms with Crippen LogP contribution in [-0.2, 0) is 0 Å². The quantitative estimate of drug-likeness (QED) is 0.801. The highest BCUT2D eigenvalue weighted by Gasteiger charge is 2.13. The average Bonchev–Trinajstić information content (AvgIpc) is 3.04. The molecule has 0 radical (unpaired) electrons. The van der Waals surface area contributed by atoms with Gasteiger partial charge in [-0.25, -0.2) is 4.98 Å². The number of amides is 1. The molecular weight excluding hydrogens is 298 g/mol. The van der Waals surface area contributed by atoms with Gasteiger partial charge >= 0.3 is 0 Å². The van der Waals surface area contributed by atoms with Gasteiger partial charge in [-0.2, -0.15) is 0 Å². The van der Waals surface area contributed by atoms with E-state index in [-0.39, 0.29) is 5.91 Å². The first kappa shape index (κ1) is 14.2. The zero-order valence-corrected chi connectivity index (χ0v) is 12.6. The molecular formula is C16H13N3O2S. The van der Waals surface area contributed by atoms with Gasteiger partial charge in [-0.05, 0) is 24.3 Å². The maximum atomic E-state index is 12.3. The lowest BCUT2D eigenvalue weighted by molar-refractivity contribution is 0.102. The second-order valence-electron chi connectivity index (χ2n) is 4.43. The minimum Gasteiger partial charge on any atom is -0.496 e. The van der Waals surface area contributed by atoms with Crippen molar-refractivity contribution >= 4 is 22.4 Å². The summed E-state index contributed by atoms with van der Waals surface area (Å²) in [5.41, 5.74) is 2.17. The number of hydrogen-bond acceptors (Lipinski definition) is 5. The van der Waals surface area contributed by atoms with Crippen LogP contribution in [0, 0.1) is 0 Å². The second-order valence-corrected chi connectivity index (χ2v) is 5.29. The average molecular weight is 311 g/mol. The lowest BCUT2D eigenvalue weighted by atomic mass is 10.2. The summed E-state index contributed by atoms with van der Waals surface area (Å²) in [6, 6.07) is 10.8. The highest BCUT2D eigenvalue weighted by Crippen LogP contribution is 2.25.